The van der Waals surface area contributed by atoms with E-state index in [-0.39, 0.29) is 35.5 Å². The summed E-state index contributed by atoms with van der Waals surface area (Å²) < 4.78 is 40.3. The summed E-state index contributed by atoms with van der Waals surface area (Å²) in [6, 6.07) is 16.4. The Morgan fingerprint density at radius 2 is 1.57 bits per heavy atom. The molecule has 42 heavy (non-hydrogen) atoms. The number of nitrogens with one attached hydrogen (secondary N) is 1. The summed E-state index contributed by atoms with van der Waals surface area (Å²) in [5.74, 6) is -0.159. The molecule has 1 aliphatic heterocycles. The number of nitrogens with zero attached hydrogens (tertiary/aromatic N) is 2. The van der Waals surface area contributed by atoms with Gasteiger partial charge in [0, 0.05) is 34.3 Å². The number of hydrogen-bond donors (Lipinski definition) is 1. The molecule has 9 nitrogen and oxygen atoms in total. The van der Waals surface area contributed by atoms with Crippen molar-refractivity contribution in [2.45, 2.75) is 50.7 Å². The van der Waals surface area contributed by atoms with E-state index in [9.17, 15) is 18.0 Å². The maximum absolute atomic E-state index is 14.2. The number of hydrogen-bond acceptors (Lipinski definition) is 6. The van der Waals surface area contributed by atoms with Crippen molar-refractivity contribution < 1.29 is 27.5 Å². The van der Waals surface area contributed by atoms with Crippen molar-refractivity contribution in [3.8, 4) is 11.5 Å². The third-order valence-corrected chi connectivity index (χ3v) is 9.13. The van der Waals surface area contributed by atoms with Crippen LogP contribution in [0.1, 0.15) is 32.8 Å². The normalized spacial score (nSPS) is 13.4. The Hall–Kier alpha value is -3.47. The fourth-order valence-corrected chi connectivity index (χ4v) is 6.53. The highest BCUT2D eigenvalue weighted by Gasteiger charge is 2.35. The quantitative estimate of drug-likeness (QED) is 0.308. The van der Waals surface area contributed by atoms with Crippen molar-refractivity contribution in [1.82, 2.24) is 10.2 Å². The summed E-state index contributed by atoms with van der Waals surface area (Å²) in [6.07, 6.45) is 0.266. The molecule has 0 spiro atoms. The molecule has 1 atom stereocenters. The predicted molar refractivity (Wildman–Crippen MR) is 163 cm³/mol. The number of carbonyl (C=O) groups excluding carboxylic acids is 2. The van der Waals surface area contributed by atoms with Crippen molar-refractivity contribution in [1.29, 1.82) is 0 Å². The number of amides is 2. The zero-order chi connectivity index (χ0) is 30.4. The Labute approximate surface area is 256 Å². The summed E-state index contributed by atoms with van der Waals surface area (Å²) >= 11 is 12.9. The molecule has 0 bridgehead atoms. The lowest BCUT2D eigenvalue weighted by molar-refractivity contribution is -0.140. The van der Waals surface area contributed by atoms with Gasteiger partial charge in [0.25, 0.3) is 10.0 Å². The second-order valence-corrected chi connectivity index (χ2v) is 12.6. The van der Waals surface area contributed by atoms with Crippen molar-refractivity contribution >= 4 is 50.7 Å². The van der Waals surface area contributed by atoms with Crippen LogP contribution in [0.2, 0.25) is 10.0 Å². The van der Waals surface area contributed by atoms with E-state index in [2.05, 4.69) is 5.32 Å². The molecule has 0 aromatic heterocycles. The third-order valence-electron chi connectivity index (χ3n) is 6.63. The lowest BCUT2D eigenvalue weighted by Gasteiger charge is -2.34. The number of carbonyl (C=O) groups is 2. The van der Waals surface area contributed by atoms with Crippen LogP contribution in [0.3, 0.4) is 0 Å². The first-order chi connectivity index (χ1) is 20.0. The molecule has 224 valence electrons. The largest absolute Gasteiger partial charge is 0.486 e. The summed E-state index contributed by atoms with van der Waals surface area (Å²) in [5.41, 5.74) is 0.647. The molecule has 0 unspecified atom stereocenters. The molecule has 4 rings (SSSR count). The summed E-state index contributed by atoms with van der Waals surface area (Å²) in [6.45, 7) is 5.36. The highest BCUT2D eigenvalue weighted by molar-refractivity contribution is 7.92. The number of benzene rings is 3. The van der Waals surface area contributed by atoms with Crippen LogP contribution >= 0.6 is 23.2 Å². The van der Waals surface area contributed by atoms with Gasteiger partial charge in [0.2, 0.25) is 11.8 Å². The minimum atomic E-state index is -4.23. The molecule has 0 saturated heterocycles. The zero-order valence-electron chi connectivity index (χ0n) is 23.5. The van der Waals surface area contributed by atoms with Gasteiger partial charge >= 0.3 is 0 Å². The first-order valence-corrected chi connectivity index (χ1v) is 15.7. The van der Waals surface area contributed by atoms with Crippen LogP contribution in [0.15, 0.2) is 71.6 Å². The molecule has 0 saturated carbocycles. The van der Waals surface area contributed by atoms with Gasteiger partial charge in [-0.2, -0.15) is 0 Å². The molecule has 0 radical (unpaired) electrons. The van der Waals surface area contributed by atoms with Crippen LogP contribution in [-0.2, 0) is 26.2 Å². The Morgan fingerprint density at radius 3 is 2.19 bits per heavy atom. The molecule has 1 N–H and O–H groups in total. The molecule has 0 fully saturated rings. The molecular weight excluding hydrogens is 601 g/mol. The van der Waals surface area contributed by atoms with Crippen molar-refractivity contribution in [2.24, 2.45) is 0 Å². The highest BCUT2D eigenvalue weighted by Crippen LogP contribution is 2.36. The Kier molecular flexibility index (Phi) is 10.2. The van der Waals surface area contributed by atoms with Crippen LogP contribution in [0.25, 0.3) is 0 Å². The predicted octanol–water partition coefficient (Wildman–Crippen LogP) is 5.29. The summed E-state index contributed by atoms with van der Waals surface area (Å²) in [7, 11) is -4.23. The molecule has 1 heterocycles. The fourth-order valence-electron chi connectivity index (χ4n) is 4.59. The topological polar surface area (TPSA) is 105 Å². The van der Waals surface area contributed by atoms with Gasteiger partial charge in [-0.15, -0.1) is 0 Å². The standard InChI is InChI=1S/C30H33Cl2N3O6S/c1-4-26(30(37)33-20(2)3)34(18-23-24(31)11-8-12-25(23)32)29(36)19-35(42(38,39)22-9-6-5-7-10-22)21-13-14-27-28(17-21)41-16-15-40-27/h5-14,17,20,26H,4,15-16,18-19H2,1-3H3,(H,33,37)/t26-/m1/s1. The molecule has 2 amide bonds. The minimum Gasteiger partial charge on any atom is -0.486 e. The van der Waals surface area contributed by atoms with Gasteiger partial charge in [-0.05, 0) is 56.7 Å². The van der Waals surface area contributed by atoms with Crippen molar-refractivity contribution in [3.63, 3.8) is 0 Å². The van der Waals surface area contributed by atoms with Crippen LogP contribution in [-0.4, -0.2) is 57.0 Å². The van der Waals surface area contributed by atoms with E-state index < -0.39 is 28.5 Å². The van der Waals surface area contributed by atoms with E-state index in [4.69, 9.17) is 32.7 Å². The molecule has 3 aromatic rings. The lowest BCUT2D eigenvalue weighted by Crippen LogP contribution is -2.53. The minimum absolute atomic E-state index is 0.00187. The second-order valence-electron chi connectivity index (χ2n) is 9.96. The first kappa shape index (κ1) is 31.5. The van der Waals surface area contributed by atoms with Crippen LogP contribution in [0.5, 0.6) is 11.5 Å². The lowest BCUT2D eigenvalue weighted by atomic mass is 10.1. The monoisotopic (exact) mass is 633 g/mol. The van der Waals surface area contributed by atoms with E-state index in [0.29, 0.717) is 40.3 Å². The van der Waals surface area contributed by atoms with Crippen molar-refractivity contribution in [2.75, 3.05) is 24.1 Å². The van der Waals surface area contributed by atoms with Gasteiger partial charge in [0.1, 0.15) is 25.8 Å². The van der Waals surface area contributed by atoms with Gasteiger partial charge in [-0.3, -0.25) is 13.9 Å². The van der Waals surface area contributed by atoms with E-state index >= 15 is 0 Å². The van der Waals surface area contributed by atoms with E-state index in [0.717, 1.165) is 4.31 Å². The molecule has 1 aliphatic rings. The molecule has 0 aliphatic carbocycles. The zero-order valence-corrected chi connectivity index (χ0v) is 25.9. The number of anilines is 1. The fraction of sp³-hybridized carbons (Fsp3) is 0.333. The van der Waals surface area contributed by atoms with Gasteiger partial charge in [-0.25, -0.2) is 8.42 Å². The average molecular weight is 635 g/mol. The average Bonchev–Trinajstić information content (AvgIpc) is 2.97. The number of rotatable bonds is 11. The van der Waals surface area contributed by atoms with E-state index in [1.807, 2.05) is 13.8 Å². The van der Waals surface area contributed by atoms with Crippen LogP contribution < -0.4 is 19.1 Å². The van der Waals surface area contributed by atoms with Crippen LogP contribution in [0, 0.1) is 0 Å². The molecule has 12 heteroatoms. The number of sulfonamides is 1. The van der Waals surface area contributed by atoms with Gasteiger partial charge in [0.15, 0.2) is 11.5 Å². The molecular formula is C30H33Cl2N3O6S. The number of fused-ring (bicyclic) bond motifs is 1. The van der Waals surface area contributed by atoms with Gasteiger partial charge in [-0.1, -0.05) is 54.4 Å². The Morgan fingerprint density at radius 1 is 0.929 bits per heavy atom. The number of halogens is 2. The van der Waals surface area contributed by atoms with Crippen LogP contribution in [0.4, 0.5) is 5.69 Å². The first-order valence-electron chi connectivity index (χ1n) is 13.5. The van der Waals surface area contributed by atoms with Gasteiger partial charge < -0.3 is 19.7 Å². The highest BCUT2D eigenvalue weighted by atomic mass is 35.5. The third kappa shape index (κ3) is 7.11. The van der Waals surface area contributed by atoms with E-state index in [1.54, 1.807) is 55.5 Å². The molecule has 3 aromatic carbocycles. The maximum Gasteiger partial charge on any atom is 0.264 e. The summed E-state index contributed by atoms with van der Waals surface area (Å²) in [5, 5.41) is 3.50. The Bertz CT molecular complexity index is 1510. The Balaban J connectivity index is 1.79. The number of ether oxygens (including phenoxy) is 2. The second kappa shape index (κ2) is 13.7. The smallest absolute Gasteiger partial charge is 0.264 e. The maximum atomic E-state index is 14.2. The van der Waals surface area contributed by atoms with Crippen molar-refractivity contribution in [3.05, 3.63) is 82.3 Å². The van der Waals surface area contributed by atoms with Gasteiger partial charge in [0.05, 0.1) is 10.6 Å². The SMILES string of the molecule is CC[C@H](C(=O)NC(C)C)N(Cc1c(Cl)cccc1Cl)C(=O)CN(c1ccc2c(c1)OCCO2)S(=O)(=O)c1ccccc1. The summed E-state index contributed by atoms with van der Waals surface area (Å²) in [4.78, 5) is 28.8. The van der Waals surface area contributed by atoms with E-state index in [1.165, 1.54) is 23.1 Å².